The number of unbranched alkanes of at least 4 members (excludes halogenated alkanes) is 1. The molecule has 1 saturated heterocycles. The number of likely N-dealkylation sites (N-methyl/N-ethyl adjacent to an activating group) is 1. The Morgan fingerprint density at radius 2 is 1.46 bits per heavy atom. The molecule has 1 fully saturated rings. The Labute approximate surface area is 282 Å². The highest BCUT2D eigenvalue weighted by atomic mass is 16.7. The van der Waals surface area contributed by atoms with Crippen LogP contribution in [0.5, 0.6) is 0 Å². The van der Waals surface area contributed by atoms with E-state index in [2.05, 4.69) is 59.7 Å². The predicted molar refractivity (Wildman–Crippen MR) is 183 cm³/mol. The van der Waals surface area contributed by atoms with Crippen LogP contribution in [0, 0.1) is 0 Å². The number of hydrogen-bond acceptors (Lipinski definition) is 7. The minimum Gasteiger partial charge on any atom is -0.392 e. The predicted octanol–water partition coefficient (Wildman–Crippen LogP) is 6.21. The smallest absolute Gasteiger partial charge is 0.243 e. The van der Waals surface area contributed by atoms with Crippen LogP contribution in [0.4, 0.5) is 0 Å². The zero-order chi connectivity index (χ0) is 33.7. The molecule has 3 atom stereocenters. The van der Waals surface area contributed by atoms with Crippen LogP contribution in [-0.2, 0) is 38.8 Å². The normalized spacial score (nSPS) is 17.6. The zero-order valence-corrected chi connectivity index (χ0v) is 27.4. The third kappa shape index (κ3) is 10.3. The molecular weight excluding hydrogens is 606 g/mol. The van der Waals surface area contributed by atoms with Crippen LogP contribution in [-0.4, -0.2) is 46.7 Å². The van der Waals surface area contributed by atoms with Gasteiger partial charge < -0.3 is 19.9 Å². The van der Waals surface area contributed by atoms with Gasteiger partial charge in [0.05, 0.1) is 18.8 Å². The second kappa shape index (κ2) is 17.7. The Balaban J connectivity index is 1.27. The monoisotopic (exact) mass is 651 g/mol. The summed E-state index contributed by atoms with van der Waals surface area (Å²) in [5.41, 5.74) is 8.71. The summed E-state index contributed by atoms with van der Waals surface area (Å²) in [5.74, 6) is -0.527. The second-order valence-electron chi connectivity index (χ2n) is 12.4. The highest BCUT2D eigenvalue weighted by Crippen LogP contribution is 2.39. The topological polar surface area (TPSA) is 120 Å². The molecule has 48 heavy (non-hydrogen) atoms. The van der Waals surface area contributed by atoms with Crippen molar-refractivity contribution in [3.05, 3.63) is 131 Å². The van der Waals surface area contributed by atoms with Crippen molar-refractivity contribution in [3.8, 4) is 11.1 Å². The number of rotatable bonds is 15. The van der Waals surface area contributed by atoms with Crippen LogP contribution < -0.4 is 10.8 Å². The minimum absolute atomic E-state index is 0.00179. The Kier molecular flexibility index (Phi) is 12.9. The van der Waals surface area contributed by atoms with Crippen molar-refractivity contribution < 1.29 is 29.4 Å². The fourth-order valence-corrected chi connectivity index (χ4v) is 5.98. The van der Waals surface area contributed by atoms with E-state index in [1.54, 1.807) is 5.48 Å². The third-order valence-corrected chi connectivity index (χ3v) is 8.52. The number of carbonyl (C=O) groups is 2. The van der Waals surface area contributed by atoms with Gasteiger partial charge in [0.1, 0.15) is 0 Å². The molecule has 4 N–H and O–H groups in total. The standard InChI is InChI=1S/C39H45N3O6/c1-42(25-28-9-3-2-4-10-28)26-35-23-36(31-19-17-29(27-43)18-20-31)48-39(47-35)34-14-8-13-33(22-34)32-12-7-11-30(21-32)24-40-37(44)15-5-6-16-38(45)41-46/h2-4,7-14,17-22,35-36,39,43,46H,5-6,15-16,23-27H2,1H3,(H,40,44)(H,41,45)/t35-,36+,39+/m1/s1. The van der Waals surface area contributed by atoms with E-state index in [0.29, 0.717) is 32.2 Å². The van der Waals surface area contributed by atoms with Crippen LogP contribution in [0.15, 0.2) is 103 Å². The van der Waals surface area contributed by atoms with Gasteiger partial charge in [0.15, 0.2) is 6.29 Å². The van der Waals surface area contributed by atoms with Crippen molar-refractivity contribution in [3.63, 3.8) is 0 Å². The molecule has 4 aromatic rings. The number of aliphatic hydroxyl groups excluding tert-OH is 1. The maximum atomic E-state index is 12.3. The molecule has 0 spiro atoms. The quantitative estimate of drug-likeness (QED) is 0.0686. The largest absolute Gasteiger partial charge is 0.392 e. The summed E-state index contributed by atoms with van der Waals surface area (Å²) in [4.78, 5) is 25.8. The summed E-state index contributed by atoms with van der Waals surface area (Å²) in [6, 6.07) is 34.6. The molecule has 252 valence electrons. The Morgan fingerprint density at radius 1 is 0.771 bits per heavy atom. The van der Waals surface area contributed by atoms with E-state index in [9.17, 15) is 14.7 Å². The fourth-order valence-electron chi connectivity index (χ4n) is 5.98. The molecule has 0 aromatic heterocycles. The summed E-state index contributed by atoms with van der Waals surface area (Å²) in [6.07, 6.45) is 1.50. The number of carbonyl (C=O) groups excluding carboxylic acids is 2. The number of nitrogens with zero attached hydrogens (tertiary/aromatic N) is 1. The molecule has 9 nitrogen and oxygen atoms in total. The number of benzene rings is 4. The van der Waals surface area contributed by atoms with Crippen LogP contribution >= 0.6 is 0 Å². The Morgan fingerprint density at radius 3 is 2.19 bits per heavy atom. The van der Waals surface area contributed by atoms with Gasteiger partial charge >= 0.3 is 0 Å². The SMILES string of the molecule is CN(Cc1ccccc1)C[C@H]1C[C@@H](c2ccc(CO)cc2)O[C@@H](c2cccc(-c3cccc(CNC(=O)CCCCC(=O)NO)c3)c2)O1. The average molecular weight is 652 g/mol. The molecule has 1 aliphatic rings. The fraction of sp³-hybridized carbons (Fsp3) is 0.333. The lowest BCUT2D eigenvalue weighted by Gasteiger charge is -2.38. The van der Waals surface area contributed by atoms with E-state index in [-0.39, 0.29) is 31.1 Å². The van der Waals surface area contributed by atoms with Gasteiger partial charge in [-0.25, -0.2) is 5.48 Å². The Hall–Kier alpha value is -4.38. The van der Waals surface area contributed by atoms with Gasteiger partial charge in [-0.15, -0.1) is 0 Å². The van der Waals surface area contributed by atoms with Gasteiger partial charge in [0, 0.05) is 44.5 Å². The zero-order valence-electron chi connectivity index (χ0n) is 27.4. The van der Waals surface area contributed by atoms with Gasteiger partial charge in [-0.1, -0.05) is 91.0 Å². The molecule has 0 radical (unpaired) electrons. The first-order valence-electron chi connectivity index (χ1n) is 16.5. The van der Waals surface area contributed by atoms with Crippen molar-refractivity contribution in [2.45, 2.75) is 70.3 Å². The number of nitrogens with one attached hydrogen (secondary N) is 2. The van der Waals surface area contributed by atoms with E-state index in [1.165, 1.54) is 5.56 Å². The summed E-state index contributed by atoms with van der Waals surface area (Å²) >= 11 is 0. The van der Waals surface area contributed by atoms with Crippen molar-refractivity contribution in [2.24, 2.45) is 0 Å². The molecule has 1 heterocycles. The molecule has 0 aliphatic carbocycles. The third-order valence-electron chi connectivity index (χ3n) is 8.52. The first-order chi connectivity index (χ1) is 23.4. The highest BCUT2D eigenvalue weighted by molar-refractivity contribution is 5.76. The number of aliphatic hydroxyl groups is 1. The molecule has 5 rings (SSSR count). The maximum Gasteiger partial charge on any atom is 0.243 e. The van der Waals surface area contributed by atoms with Crippen LogP contribution in [0.3, 0.4) is 0 Å². The second-order valence-corrected chi connectivity index (χ2v) is 12.4. The summed E-state index contributed by atoms with van der Waals surface area (Å²) in [6.45, 7) is 1.95. The molecule has 0 bridgehead atoms. The molecular formula is C39H45N3O6. The highest BCUT2D eigenvalue weighted by Gasteiger charge is 2.33. The van der Waals surface area contributed by atoms with E-state index in [0.717, 1.165) is 46.5 Å². The number of ether oxygens (including phenoxy) is 2. The summed E-state index contributed by atoms with van der Waals surface area (Å²) < 4.78 is 13.2. The minimum atomic E-state index is -0.567. The summed E-state index contributed by atoms with van der Waals surface area (Å²) in [7, 11) is 2.11. The van der Waals surface area contributed by atoms with Gasteiger partial charge in [-0.3, -0.25) is 19.7 Å². The first-order valence-corrected chi connectivity index (χ1v) is 16.5. The maximum absolute atomic E-state index is 12.3. The van der Waals surface area contributed by atoms with E-state index >= 15 is 0 Å². The molecule has 2 amide bonds. The van der Waals surface area contributed by atoms with Crippen molar-refractivity contribution in [1.29, 1.82) is 0 Å². The molecule has 4 aromatic carbocycles. The van der Waals surface area contributed by atoms with Crippen molar-refractivity contribution in [1.82, 2.24) is 15.7 Å². The molecule has 0 saturated carbocycles. The molecule has 1 aliphatic heterocycles. The molecule has 9 heteroatoms. The van der Waals surface area contributed by atoms with Crippen LogP contribution in [0.1, 0.15) is 72.3 Å². The van der Waals surface area contributed by atoms with Crippen LogP contribution in [0.25, 0.3) is 11.1 Å². The lowest BCUT2D eigenvalue weighted by molar-refractivity contribution is -0.252. The Bertz CT molecular complexity index is 1610. The molecule has 0 unspecified atom stereocenters. The van der Waals surface area contributed by atoms with Crippen molar-refractivity contribution in [2.75, 3.05) is 13.6 Å². The van der Waals surface area contributed by atoms with Crippen molar-refractivity contribution >= 4 is 11.8 Å². The van der Waals surface area contributed by atoms with Gasteiger partial charge in [-0.2, -0.15) is 0 Å². The van der Waals surface area contributed by atoms with Gasteiger partial charge in [0.25, 0.3) is 0 Å². The van der Waals surface area contributed by atoms with Gasteiger partial charge in [-0.05, 0) is 65.4 Å². The lowest BCUT2D eigenvalue weighted by Crippen LogP contribution is -2.37. The lowest BCUT2D eigenvalue weighted by atomic mass is 9.98. The van der Waals surface area contributed by atoms with E-state index in [1.807, 2.05) is 60.7 Å². The first kappa shape index (κ1) is 34.9. The van der Waals surface area contributed by atoms with E-state index < -0.39 is 12.2 Å². The average Bonchev–Trinajstić information content (AvgIpc) is 3.13. The van der Waals surface area contributed by atoms with Crippen LogP contribution in [0.2, 0.25) is 0 Å². The number of hydroxylamine groups is 1. The number of hydrogen-bond donors (Lipinski definition) is 4. The summed E-state index contributed by atoms with van der Waals surface area (Å²) in [5, 5.41) is 21.1. The number of amides is 2. The van der Waals surface area contributed by atoms with E-state index in [4.69, 9.17) is 14.7 Å². The van der Waals surface area contributed by atoms with Gasteiger partial charge in [0.2, 0.25) is 11.8 Å².